The van der Waals surface area contributed by atoms with Gasteiger partial charge in [0.2, 0.25) is 5.91 Å². The van der Waals surface area contributed by atoms with E-state index in [-0.39, 0.29) is 18.3 Å². The zero-order valence-electron chi connectivity index (χ0n) is 7.58. The van der Waals surface area contributed by atoms with Gasteiger partial charge >= 0.3 is 0 Å². The lowest BCUT2D eigenvalue weighted by Gasteiger charge is -2.06. The highest BCUT2D eigenvalue weighted by Gasteiger charge is 2.04. The molecule has 0 aromatic heterocycles. The maximum Gasteiger partial charge on any atom is 0.238 e. The zero-order valence-corrected chi connectivity index (χ0v) is 7.58. The summed E-state index contributed by atoms with van der Waals surface area (Å²) in [6.07, 6.45) is 2.93. The zero-order chi connectivity index (χ0) is 10.3. The van der Waals surface area contributed by atoms with Crippen LogP contribution in [0.2, 0.25) is 0 Å². The Morgan fingerprint density at radius 3 is 2.69 bits per heavy atom. The predicted molar refractivity (Wildman–Crippen MR) is 52.8 cm³/mol. The summed E-state index contributed by atoms with van der Waals surface area (Å²) in [6, 6.07) is 0. The number of rotatable bonds is 4. The highest BCUT2D eigenvalue weighted by Crippen LogP contribution is 1.89. The van der Waals surface area contributed by atoms with Gasteiger partial charge in [-0.05, 0) is 6.92 Å². The molecule has 0 aromatic carbocycles. The van der Waals surface area contributed by atoms with Crippen molar-refractivity contribution in [2.24, 2.45) is 16.5 Å². The largest absolute Gasteiger partial charge is 0.382 e. The number of nitrogens with one attached hydrogen (secondary N) is 1. The van der Waals surface area contributed by atoms with Crippen molar-refractivity contribution < 1.29 is 4.79 Å². The second kappa shape index (κ2) is 5.96. The average molecular weight is 182 g/mol. The van der Waals surface area contributed by atoms with Crippen LogP contribution in [0.1, 0.15) is 6.92 Å². The van der Waals surface area contributed by atoms with E-state index in [9.17, 15) is 4.79 Å². The van der Waals surface area contributed by atoms with E-state index in [1.54, 1.807) is 13.0 Å². The van der Waals surface area contributed by atoms with E-state index in [4.69, 9.17) is 11.5 Å². The molecule has 0 spiro atoms. The Labute approximate surface area is 77.2 Å². The molecule has 0 saturated carbocycles. The Bertz CT molecular complexity index is 255. The van der Waals surface area contributed by atoms with Crippen LogP contribution < -0.4 is 16.8 Å². The van der Waals surface area contributed by atoms with Crippen LogP contribution in [0.15, 0.2) is 29.5 Å². The van der Waals surface area contributed by atoms with Crippen molar-refractivity contribution in [3.8, 4) is 0 Å². The second-order valence-corrected chi connectivity index (χ2v) is 2.15. The first-order valence-electron chi connectivity index (χ1n) is 3.76. The number of amidine groups is 1. The topological polar surface area (TPSA) is 93.5 Å². The number of nitrogens with two attached hydrogens (primary N) is 2. The molecule has 0 aliphatic carbocycles. The smallest absolute Gasteiger partial charge is 0.238 e. The summed E-state index contributed by atoms with van der Waals surface area (Å²) in [6.45, 7) is 5.03. The summed E-state index contributed by atoms with van der Waals surface area (Å²) in [5.41, 5.74) is 11.0. The van der Waals surface area contributed by atoms with Crippen molar-refractivity contribution in [2.75, 3.05) is 6.54 Å². The lowest BCUT2D eigenvalue weighted by Crippen LogP contribution is -2.35. The quantitative estimate of drug-likeness (QED) is 0.403. The van der Waals surface area contributed by atoms with E-state index in [1.165, 1.54) is 6.20 Å². The molecule has 72 valence electrons. The van der Waals surface area contributed by atoms with Crippen molar-refractivity contribution in [1.29, 1.82) is 0 Å². The summed E-state index contributed by atoms with van der Waals surface area (Å²) >= 11 is 0. The lowest BCUT2D eigenvalue weighted by atomic mass is 10.3. The van der Waals surface area contributed by atoms with Crippen LogP contribution in [0.3, 0.4) is 0 Å². The number of allylic oxidation sites excluding steroid dienone is 1. The molecule has 0 aromatic rings. The van der Waals surface area contributed by atoms with Crippen LogP contribution >= 0.6 is 0 Å². The van der Waals surface area contributed by atoms with Gasteiger partial charge in [0, 0.05) is 6.20 Å². The van der Waals surface area contributed by atoms with Gasteiger partial charge in [-0.25, -0.2) is 4.99 Å². The molecule has 1 amide bonds. The van der Waals surface area contributed by atoms with Crippen molar-refractivity contribution >= 4 is 11.7 Å². The number of hydrogen-bond acceptors (Lipinski definition) is 3. The SMILES string of the molecule is C=CN=C(N)/C(=C\C)NC(=O)CN. The fraction of sp³-hybridized carbons (Fsp3) is 0.250. The first-order valence-corrected chi connectivity index (χ1v) is 3.76. The lowest BCUT2D eigenvalue weighted by molar-refractivity contribution is -0.118. The Hall–Kier alpha value is -1.62. The van der Waals surface area contributed by atoms with E-state index in [0.717, 1.165) is 0 Å². The minimum absolute atomic E-state index is 0.0846. The standard InChI is InChI=1S/C8H14N4O/c1-3-6(8(10)11-4-2)12-7(13)5-9/h3-4H,2,5,9H2,1H3,(H2,10,11)(H,12,13)/b6-3+. The van der Waals surface area contributed by atoms with Gasteiger partial charge in [-0.2, -0.15) is 0 Å². The molecule has 0 unspecified atom stereocenters. The fourth-order valence-corrected chi connectivity index (χ4v) is 0.653. The molecule has 0 saturated heterocycles. The van der Waals surface area contributed by atoms with Gasteiger partial charge in [0.1, 0.15) is 5.84 Å². The van der Waals surface area contributed by atoms with E-state index >= 15 is 0 Å². The fourth-order valence-electron chi connectivity index (χ4n) is 0.653. The molecule has 0 heterocycles. The molecule has 5 N–H and O–H groups in total. The van der Waals surface area contributed by atoms with Gasteiger partial charge in [0.15, 0.2) is 0 Å². The molecule has 5 nitrogen and oxygen atoms in total. The van der Waals surface area contributed by atoms with Gasteiger partial charge in [0.25, 0.3) is 0 Å². The van der Waals surface area contributed by atoms with E-state index in [2.05, 4.69) is 16.9 Å². The Kier molecular flexibility index (Phi) is 5.22. The Morgan fingerprint density at radius 2 is 2.31 bits per heavy atom. The van der Waals surface area contributed by atoms with E-state index in [0.29, 0.717) is 5.70 Å². The number of carbonyl (C=O) groups is 1. The van der Waals surface area contributed by atoms with Crippen molar-refractivity contribution in [2.45, 2.75) is 6.92 Å². The molecule has 0 bridgehead atoms. The van der Waals surface area contributed by atoms with Crippen LogP contribution in [0.25, 0.3) is 0 Å². The van der Waals surface area contributed by atoms with Gasteiger partial charge in [-0.3, -0.25) is 4.79 Å². The maximum atomic E-state index is 10.9. The molecule has 13 heavy (non-hydrogen) atoms. The first kappa shape index (κ1) is 11.4. The maximum absolute atomic E-state index is 10.9. The van der Waals surface area contributed by atoms with Crippen LogP contribution in [-0.4, -0.2) is 18.3 Å². The monoisotopic (exact) mass is 182 g/mol. The second-order valence-electron chi connectivity index (χ2n) is 2.15. The number of carbonyl (C=O) groups excluding carboxylic acids is 1. The summed E-state index contributed by atoms with van der Waals surface area (Å²) < 4.78 is 0. The minimum Gasteiger partial charge on any atom is -0.382 e. The summed E-state index contributed by atoms with van der Waals surface area (Å²) in [4.78, 5) is 14.6. The van der Waals surface area contributed by atoms with Gasteiger partial charge in [-0.1, -0.05) is 12.7 Å². The predicted octanol–water partition coefficient (Wildman–Crippen LogP) is -0.534. The third-order valence-electron chi connectivity index (χ3n) is 1.25. The van der Waals surface area contributed by atoms with Gasteiger partial charge < -0.3 is 16.8 Å². The van der Waals surface area contributed by atoms with Crippen molar-refractivity contribution in [3.05, 3.63) is 24.6 Å². The van der Waals surface area contributed by atoms with Crippen LogP contribution in [0.5, 0.6) is 0 Å². The van der Waals surface area contributed by atoms with Crippen LogP contribution in [-0.2, 0) is 4.79 Å². The minimum atomic E-state index is -0.310. The van der Waals surface area contributed by atoms with Gasteiger partial charge in [-0.15, -0.1) is 0 Å². The molecule has 0 rings (SSSR count). The Morgan fingerprint density at radius 1 is 1.69 bits per heavy atom. The molecule has 0 aliphatic heterocycles. The highest BCUT2D eigenvalue weighted by molar-refractivity contribution is 6.00. The molecule has 0 aliphatic rings. The summed E-state index contributed by atoms with van der Waals surface area (Å²) in [5, 5.41) is 2.49. The summed E-state index contributed by atoms with van der Waals surface area (Å²) in [5.74, 6) is -0.102. The number of amides is 1. The molecule has 5 heteroatoms. The molecule has 0 radical (unpaired) electrons. The summed E-state index contributed by atoms with van der Waals surface area (Å²) in [7, 11) is 0. The normalized spacial score (nSPS) is 12.5. The van der Waals surface area contributed by atoms with E-state index in [1.807, 2.05) is 0 Å². The number of nitrogens with zero attached hydrogens (tertiary/aromatic N) is 1. The third-order valence-corrected chi connectivity index (χ3v) is 1.25. The number of aliphatic imine (C=N–C) groups is 1. The Balaban J connectivity index is 4.46. The van der Waals surface area contributed by atoms with Gasteiger partial charge in [0.05, 0.1) is 12.2 Å². The van der Waals surface area contributed by atoms with Crippen molar-refractivity contribution in [1.82, 2.24) is 5.32 Å². The molecule has 0 atom stereocenters. The highest BCUT2D eigenvalue weighted by atomic mass is 16.1. The van der Waals surface area contributed by atoms with Crippen LogP contribution in [0.4, 0.5) is 0 Å². The molecular weight excluding hydrogens is 168 g/mol. The van der Waals surface area contributed by atoms with Crippen molar-refractivity contribution in [3.63, 3.8) is 0 Å². The van der Waals surface area contributed by atoms with Crippen LogP contribution in [0, 0.1) is 0 Å². The third kappa shape index (κ3) is 4.07. The molecule has 0 fully saturated rings. The number of hydrogen-bond donors (Lipinski definition) is 3. The average Bonchev–Trinajstić information content (AvgIpc) is 2.14. The molecular formula is C8H14N4O. The first-order chi connectivity index (χ1) is 6.15. The van der Waals surface area contributed by atoms with E-state index < -0.39 is 0 Å².